The van der Waals surface area contributed by atoms with Crippen LogP contribution in [0.3, 0.4) is 0 Å². The van der Waals surface area contributed by atoms with Crippen LogP contribution in [0.15, 0.2) is 18.3 Å². The lowest BCUT2D eigenvalue weighted by molar-refractivity contribution is 0.307. The van der Waals surface area contributed by atoms with Gasteiger partial charge in [0.05, 0.1) is 0 Å². The molecule has 0 aromatic carbocycles. The minimum absolute atomic E-state index is 0.608. The maximum absolute atomic E-state index is 13.1. The van der Waals surface area contributed by atoms with E-state index >= 15 is 0 Å². The van der Waals surface area contributed by atoms with Crippen LogP contribution < -0.4 is 4.90 Å². The highest BCUT2D eigenvalue weighted by Gasteiger charge is 2.16. The molecule has 0 amide bonds. The molecule has 4 heteroatoms. The van der Waals surface area contributed by atoms with Crippen molar-refractivity contribution in [2.45, 2.75) is 25.4 Å². The third kappa shape index (κ3) is 2.19. The summed E-state index contributed by atoms with van der Waals surface area (Å²) in [6, 6.07) is 3.78. The van der Waals surface area contributed by atoms with Crippen molar-refractivity contribution in [1.29, 1.82) is 0 Å². The molecule has 1 aromatic heterocycles. The first-order valence-electron chi connectivity index (χ1n) is 5.03. The predicted molar refractivity (Wildman–Crippen MR) is 53.0 cm³/mol. The van der Waals surface area contributed by atoms with E-state index in [1.807, 2.05) is 12.1 Å². The Morgan fingerprint density at radius 1 is 1.36 bits per heavy atom. The quantitative estimate of drug-likeness (QED) is 0.684. The molecule has 0 N–H and O–H groups in total. The molecule has 1 unspecified atom stereocenters. The number of aromatic nitrogens is 2. The number of nitrogens with zero attached hydrogens (tertiary/aromatic N) is 3. The van der Waals surface area contributed by atoms with Crippen molar-refractivity contribution in [2.75, 3.05) is 18.0 Å². The van der Waals surface area contributed by atoms with Gasteiger partial charge in [0.2, 0.25) is 0 Å². The number of alkyl halides is 1. The monoisotopic (exact) mass is 195 g/mol. The van der Waals surface area contributed by atoms with Gasteiger partial charge in [0.15, 0.2) is 5.82 Å². The Hall–Kier alpha value is -1.19. The van der Waals surface area contributed by atoms with E-state index in [9.17, 15) is 4.39 Å². The Morgan fingerprint density at radius 3 is 3.07 bits per heavy atom. The SMILES string of the molecule is FC1CCCN(c2cccnn2)CC1. The molecule has 1 aliphatic heterocycles. The van der Waals surface area contributed by atoms with Crippen LogP contribution in [0.4, 0.5) is 10.2 Å². The topological polar surface area (TPSA) is 29.0 Å². The summed E-state index contributed by atoms with van der Waals surface area (Å²) in [5, 5.41) is 7.85. The van der Waals surface area contributed by atoms with E-state index in [1.54, 1.807) is 6.20 Å². The highest BCUT2D eigenvalue weighted by molar-refractivity contribution is 5.36. The maximum atomic E-state index is 13.1. The van der Waals surface area contributed by atoms with Crippen molar-refractivity contribution < 1.29 is 4.39 Å². The first kappa shape index (κ1) is 9.37. The van der Waals surface area contributed by atoms with Gasteiger partial charge in [0.1, 0.15) is 6.17 Å². The van der Waals surface area contributed by atoms with Gasteiger partial charge in [-0.15, -0.1) is 5.10 Å². The minimum atomic E-state index is -0.642. The molecule has 0 spiro atoms. The summed E-state index contributed by atoms with van der Waals surface area (Å²) in [5.74, 6) is 0.863. The molecule has 0 aliphatic carbocycles. The molecule has 1 fully saturated rings. The molecule has 1 saturated heterocycles. The first-order chi connectivity index (χ1) is 6.86. The molecule has 3 nitrogen and oxygen atoms in total. The zero-order chi connectivity index (χ0) is 9.80. The lowest BCUT2D eigenvalue weighted by atomic mass is 10.2. The van der Waals surface area contributed by atoms with Gasteiger partial charge < -0.3 is 4.90 Å². The average Bonchev–Trinajstić information content (AvgIpc) is 2.44. The van der Waals surface area contributed by atoms with E-state index in [1.165, 1.54) is 0 Å². The van der Waals surface area contributed by atoms with Crippen LogP contribution in [0.5, 0.6) is 0 Å². The van der Waals surface area contributed by atoms with Crippen LogP contribution in [0, 0.1) is 0 Å². The molecule has 1 aromatic rings. The maximum Gasteiger partial charge on any atom is 0.151 e. The lowest BCUT2D eigenvalue weighted by Crippen LogP contribution is -2.25. The summed E-state index contributed by atoms with van der Waals surface area (Å²) in [4.78, 5) is 2.10. The third-order valence-corrected chi connectivity index (χ3v) is 2.54. The largest absolute Gasteiger partial charge is 0.355 e. The number of hydrogen-bond acceptors (Lipinski definition) is 3. The highest BCUT2D eigenvalue weighted by atomic mass is 19.1. The van der Waals surface area contributed by atoms with Gasteiger partial charge in [0.25, 0.3) is 0 Å². The Labute approximate surface area is 82.9 Å². The van der Waals surface area contributed by atoms with Gasteiger partial charge in [-0.3, -0.25) is 0 Å². The van der Waals surface area contributed by atoms with Crippen molar-refractivity contribution >= 4 is 5.82 Å². The predicted octanol–water partition coefficient (Wildman–Crippen LogP) is 1.81. The summed E-state index contributed by atoms with van der Waals surface area (Å²) >= 11 is 0. The number of hydrogen-bond donors (Lipinski definition) is 0. The van der Waals surface area contributed by atoms with Gasteiger partial charge in [-0.05, 0) is 31.4 Å². The van der Waals surface area contributed by atoms with Crippen LogP contribution in [0.25, 0.3) is 0 Å². The molecule has 0 saturated carbocycles. The Kier molecular flexibility index (Phi) is 2.91. The Morgan fingerprint density at radius 2 is 2.29 bits per heavy atom. The Bertz CT molecular complexity index is 278. The lowest BCUT2D eigenvalue weighted by Gasteiger charge is -2.20. The summed E-state index contributed by atoms with van der Waals surface area (Å²) < 4.78 is 13.1. The van der Waals surface area contributed by atoms with E-state index in [0.29, 0.717) is 12.8 Å². The van der Waals surface area contributed by atoms with Gasteiger partial charge in [-0.25, -0.2) is 4.39 Å². The van der Waals surface area contributed by atoms with E-state index in [2.05, 4.69) is 15.1 Å². The highest BCUT2D eigenvalue weighted by Crippen LogP contribution is 2.17. The van der Waals surface area contributed by atoms with Crippen LogP contribution >= 0.6 is 0 Å². The summed E-state index contributed by atoms with van der Waals surface area (Å²) in [5.41, 5.74) is 0. The molecular formula is C10H14FN3. The standard InChI is InChI=1S/C10H14FN3/c11-9-3-2-7-14(8-5-9)10-4-1-6-12-13-10/h1,4,6,9H,2-3,5,7-8H2. The second-order valence-corrected chi connectivity index (χ2v) is 3.60. The number of anilines is 1. The Balaban J connectivity index is 2.04. The van der Waals surface area contributed by atoms with Crippen molar-refractivity contribution in [3.63, 3.8) is 0 Å². The second kappa shape index (κ2) is 4.35. The fourth-order valence-corrected chi connectivity index (χ4v) is 1.75. The molecule has 2 rings (SSSR count). The summed E-state index contributed by atoms with van der Waals surface area (Å²) in [6.07, 6.45) is 3.20. The minimum Gasteiger partial charge on any atom is -0.355 e. The van der Waals surface area contributed by atoms with Crippen molar-refractivity contribution in [1.82, 2.24) is 10.2 Å². The van der Waals surface area contributed by atoms with Crippen LogP contribution in [0.2, 0.25) is 0 Å². The van der Waals surface area contributed by atoms with Crippen LogP contribution in [-0.4, -0.2) is 29.5 Å². The average molecular weight is 195 g/mol. The number of halogens is 1. The molecule has 2 heterocycles. The van der Waals surface area contributed by atoms with Crippen LogP contribution in [0.1, 0.15) is 19.3 Å². The van der Waals surface area contributed by atoms with E-state index < -0.39 is 6.17 Å². The third-order valence-electron chi connectivity index (χ3n) is 2.54. The van der Waals surface area contributed by atoms with E-state index in [0.717, 1.165) is 25.3 Å². The number of rotatable bonds is 1. The first-order valence-corrected chi connectivity index (χ1v) is 5.03. The molecule has 0 bridgehead atoms. The normalized spacial score (nSPS) is 23.2. The smallest absolute Gasteiger partial charge is 0.151 e. The summed E-state index contributed by atoms with van der Waals surface area (Å²) in [7, 11) is 0. The molecule has 1 aliphatic rings. The van der Waals surface area contributed by atoms with Gasteiger partial charge >= 0.3 is 0 Å². The van der Waals surface area contributed by atoms with Gasteiger partial charge in [0, 0.05) is 19.3 Å². The zero-order valence-corrected chi connectivity index (χ0v) is 8.06. The fourth-order valence-electron chi connectivity index (χ4n) is 1.75. The van der Waals surface area contributed by atoms with Crippen molar-refractivity contribution in [3.8, 4) is 0 Å². The molecule has 76 valence electrons. The van der Waals surface area contributed by atoms with E-state index in [-0.39, 0.29) is 0 Å². The van der Waals surface area contributed by atoms with Gasteiger partial charge in [-0.2, -0.15) is 5.10 Å². The molecule has 0 radical (unpaired) electrons. The van der Waals surface area contributed by atoms with Gasteiger partial charge in [-0.1, -0.05) is 0 Å². The molecule has 14 heavy (non-hydrogen) atoms. The molecule has 1 atom stereocenters. The zero-order valence-electron chi connectivity index (χ0n) is 8.06. The van der Waals surface area contributed by atoms with E-state index in [4.69, 9.17) is 0 Å². The second-order valence-electron chi connectivity index (χ2n) is 3.60. The molecular weight excluding hydrogens is 181 g/mol. The van der Waals surface area contributed by atoms with Crippen molar-refractivity contribution in [3.05, 3.63) is 18.3 Å². The van der Waals surface area contributed by atoms with Crippen molar-refractivity contribution in [2.24, 2.45) is 0 Å². The summed E-state index contributed by atoms with van der Waals surface area (Å²) in [6.45, 7) is 1.64. The van der Waals surface area contributed by atoms with Crippen LogP contribution in [-0.2, 0) is 0 Å². The fraction of sp³-hybridized carbons (Fsp3) is 0.600.